The van der Waals surface area contributed by atoms with Gasteiger partial charge in [0.15, 0.2) is 17.4 Å². The fraction of sp³-hybridized carbons (Fsp3) is 0.781. The first-order chi connectivity index (χ1) is 23.2. The molecule has 0 unspecified atom stereocenters. The Bertz CT molecular complexity index is 1420. The minimum atomic E-state index is -3.02. The molecule has 2 fully saturated rings. The lowest BCUT2D eigenvalue weighted by Gasteiger charge is -2.51. The number of fused-ring (bicyclic) bond motifs is 2. The zero-order valence-corrected chi connectivity index (χ0v) is 34.2. The van der Waals surface area contributed by atoms with Crippen LogP contribution < -0.4 is 10.1 Å². The smallest absolute Gasteiger partial charge is 0.374 e. The van der Waals surface area contributed by atoms with Crippen LogP contribution in [0.5, 0.6) is 5.88 Å². The second-order valence-electron chi connectivity index (χ2n) is 14.0. The predicted molar refractivity (Wildman–Crippen MR) is 199 cm³/mol. The number of amides is 1. The highest BCUT2D eigenvalue weighted by Crippen LogP contribution is 2.48. The van der Waals surface area contributed by atoms with Crippen LogP contribution in [0.3, 0.4) is 0 Å². The molecular weight excluding hydrogens is 703 g/mol. The molecule has 0 aliphatic carbocycles. The molecule has 4 atom stereocenters. The van der Waals surface area contributed by atoms with E-state index in [-0.39, 0.29) is 57.0 Å². The minimum Gasteiger partial charge on any atom is -0.414 e. The van der Waals surface area contributed by atoms with Crippen LogP contribution in [0.4, 0.5) is 15.5 Å². The molecule has 0 radical (unpaired) electrons. The lowest BCUT2D eigenvalue weighted by molar-refractivity contribution is -0.0570. The molecule has 2 saturated heterocycles. The number of nitrogens with one attached hydrogen (secondary N) is 1. The van der Waals surface area contributed by atoms with Crippen molar-refractivity contribution in [1.29, 1.82) is 0 Å². The second-order valence-corrected chi connectivity index (χ2v) is 24.9. The fourth-order valence-electron chi connectivity index (χ4n) is 6.42. The Kier molecular flexibility index (Phi) is 14.2. The summed E-state index contributed by atoms with van der Waals surface area (Å²) in [6.07, 6.45) is 1.67. The molecule has 2 aromatic heterocycles. The Morgan fingerprint density at radius 2 is 1.59 bits per heavy atom. The van der Waals surface area contributed by atoms with Crippen molar-refractivity contribution in [2.24, 2.45) is 0 Å². The quantitative estimate of drug-likeness (QED) is 0.115. The van der Waals surface area contributed by atoms with Gasteiger partial charge in [-0.2, -0.15) is 9.97 Å². The standard InChI is InChI=1S/C32H55N5O8S2Si2/c1-11-13-15-46-31(39)36-30-34-27-24(28(35-30)43-32(40)47-16-14-12-2)33-18-37(27)29-25(38)26-23(42-29)17-41-48(19(3)4,20(5)6)45-49(44-26,21(7)8)22(9)10/h18-23,25-26,29,38H,11-17H2,1-10H3,(H,34,35,36,39)/t23-,25-,26-,29-/m1/s1. The summed E-state index contributed by atoms with van der Waals surface area (Å²) in [5.41, 5.74) is 0.875. The number of carbonyl (C=O) groups excluding carboxylic acids is 2. The highest BCUT2D eigenvalue weighted by Gasteiger charge is 2.61. The molecule has 0 spiro atoms. The number of rotatable bonds is 13. The third-order valence-electron chi connectivity index (χ3n) is 9.15. The zero-order valence-electron chi connectivity index (χ0n) is 30.6. The van der Waals surface area contributed by atoms with Crippen LogP contribution in [0.1, 0.15) is 101 Å². The molecule has 0 bridgehead atoms. The molecule has 17 heteroatoms. The van der Waals surface area contributed by atoms with E-state index >= 15 is 0 Å². The highest BCUT2D eigenvalue weighted by atomic mass is 32.2. The van der Waals surface area contributed by atoms with E-state index in [0.717, 1.165) is 49.2 Å². The maximum Gasteiger partial charge on any atom is 0.374 e. The van der Waals surface area contributed by atoms with E-state index in [4.69, 9.17) is 22.4 Å². The van der Waals surface area contributed by atoms with Crippen LogP contribution in [0, 0.1) is 0 Å². The fourth-order valence-corrected chi connectivity index (χ4v) is 19.1. The summed E-state index contributed by atoms with van der Waals surface area (Å²) >= 11 is 2.18. The summed E-state index contributed by atoms with van der Waals surface area (Å²) in [6, 6.07) is 0. The molecule has 2 aliphatic rings. The number of imidazole rings is 1. The molecule has 2 aliphatic heterocycles. The van der Waals surface area contributed by atoms with Gasteiger partial charge in [0.2, 0.25) is 5.95 Å². The maximum atomic E-state index is 12.8. The maximum absolute atomic E-state index is 12.8. The van der Waals surface area contributed by atoms with Crippen LogP contribution in [-0.4, -0.2) is 88.7 Å². The monoisotopic (exact) mass is 757 g/mol. The number of nitrogens with zero attached hydrogens (tertiary/aromatic N) is 4. The lowest BCUT2D eigenvalue weighted by atomic mass is 10.1. The molecule has 13 nitrogen and oxygen atoms in total. The number of ether oxygens (including phenoxy) is 2. The van der Waals surface area contributed by atoms with E-state index in [1.165, 1.54) is 6.33 Å². The third kappa shape index (κ3) is 8.73. The molecule has 2 aromatic rings. The van der Waals surface area contributed by atoms with Crippen molar-refractivity contribution < 1.29 is 37.1 Å². The number of aliphatic hydroxyl groups is 1. The van der Waals surface area contributed by atoms with Crippen molar-refractivity contribution in [2.45, 2.75) is 142 Å². The first-order valence-electron chi connectivity index (χ1n) is 17.6. The number of aliphatic hydroxyl groups excluding tert-OH is 1. The molecule has 4 rings (SSSR count). The van der Waals surface area contributed by atoms with Crippen molar-refractivity contribution in [3.63, 3.8) is 0 Å². The van der Waals surface area contributed by atoms with Crippen molar-refractivity contribution >= 4 is 68.3 Å². The molecule has 0 aromatic carbocycles. The van der Waals surface area contributed by atoms with Crippen LogP contribution >= 0.6 is 23.5 Å². The van der Waals surface area contributed by atoms with E-state index in [0.29, 0.717) is 11.5 Å². The van der Waals surface area contributed by atoms with Gasteiger partial charge in [0.25, 0.3) is 11.1 Å². The van der Waals surface area contributed by atoms with Gasteiger partial charge in [-0.1, -0.05) is 93.8 Å². The van der Waals surface area contributed by atoms with E-state index in [9.17, 15) is 14.7 Å². The molecule has 2 N–H and O–H groups in total. The van der Waals surface area contributed by atoms with Gasteiger partial charge in [0, 0.05) is 11.5 Å². The second kappa shape index (κ2) is 17.3. The number of hydrogen-bond donors (Lipinski definition) is 2. The Hall–Kier alpha value is -1.58. The molecule has 0 saturated carbocycles. The number of hydrogen-bond acceptors (Lipinski definition) is 13. The zero-order chi connectivity index (χ0) is 36.1. The van der Waals surface area contributed by atoms with Crippen molar-refractivity contribution in [1.82, 2.24) is 19.5 Å². The molecular formula is C32H55N5O8S2Si2. The first kappa shape index (κ1) is 40.2. The number of carbonyl (C=O) groups is 2. The van der Waals surface area contributed by atoms with Gasteiger partial charge in [-0.05, 0) is 46.8 Å². The third-order valence-corrected chi connectivity index (χ3v) is 21.1. The van der Waals surface area contributed by atoms with Gasteiger partial charge in [0.05, 0.1) is 12.9 Å². The number of anilines is 1. The van der Waals surface area contributed by atoms with Gasteiger partial charge in [-0.25, -0.2) is 9.78 Å². The van der Waals surface area contributed by atoms with Crippen molar-refractivity contribution in [3.8, 4) is 5.88 Å². The van der Waals surface area contributed by atoms with Crippen LogP contribution in [0.2, 0.25) is 22.2 Å². The highest BCUT2D eigenvalue weighted by molar-refractivity contribution is 8.13. The largest absolute Gasteiger partial charge is 0.414 e. The van der Waals surface area contributed by atoms with Crippen molar-refractivity contribution in [3.05, 3.63) is 6.33 Å². The Labute approximate surface area is 301 Å². The van der Waals surface area contributed by atoms with Crippen LogP contribution in [0.25, 0.3) is 11.2 Å². The van der Waals surface area contributed by atoms with Crippen LogP contribution in [0.15, 0.2) is 6.33 Å². The van der Waals surface area contributed by atoms with E-state index in [1.54, 1.807) is 4.57 Å². The molecule has 276 valence electrons. The SMILES string of the molecule is CCCCSC(=O)Nc1nc(OC(=O)SCCCC)c2ncn([C@@H]3O[C@@H]4CO[Si](C(C)C)(C(C)C)O[Si](C(C)C)(C(C)C)O[C@H]4[C@H]3O)c2n1. The average molecular weight is 758 g/mol. The van der Waals surface area contributed by atoms with Gasteiger partial charge >= 0.3 is 22.4 Å². The van der Waals surface area contributed by atoms with E-state index in [1.807, 2.05) is 6.92 Å². The van der Waals surface area contributed by atoms with E-state index < -0.39 is 47.0 Å². The summed E-state index contributed by atoms with van der Waals surface area (Å²) < 4.78 is 35.0. The Balaban J connectivity index is 1.74. The van der Waals surface area contributed by atoms with Gasteiger partial charge < -0.3 is 27.5 Å². The summed E-state index contributed by atoms with van der Waals surface area (Å²) in [5, 5.41) is 13.8. The summed E-state index contributed by atoms with van der Waals surface area (Å²) in [5.74, 6) is 1.10. The Morgan fingerprint density at radius 1 is 0.980 bits per heavy atom. The number of thioether (sulfide) groups is 2. The Morgan fingerprint density at radius 3 is 2.18 bits per heavy atom. The summed E-state index contributed by atoms with van der Waals surface area (Å²) in [6.45, 7) is 21.4. The number of unbranched alkanes of at least 4 members (excludes halogenated alkanes) is 2. The molecule has 49 heavy (non-hydrogen) atoms. The summed E-state index contributed by atoms with van der Waals surface area (Å²) in [7, 11) is -5.85. The topological polar surface area (TPSA) is 156 Å². The minimum absolute atomic E-state index is 0.0493. The van der Waals surface area contributed by atoms with Crippen LogP contribution in [-0.2, 0) is 17.7 Å². The lowest BCUT2D eigenvalue weighted by Crippen LogP contribution is -2.65. The average Bonchev–Trinajstić information content (AvgIpc) is 3.57. The first-order valence-corrected chi connectivity index (χ1v) is 23.5. The van der Waals surface area contributed by atoms with Gasteiger partial charge in [0.1, 0.15) is 18.3 Å². The van der Waals surface area contributed by atoms with Gasteiger partial charge in [-0.15, -0.1) is 0 Å². The normalized spacial score (nSPS) is 23.7. The van der Waals surface area contributed by atoms with Crippen molar-refractivity contribution in [2.75, 3.05) is 23.4 Å². The van der Waals surface area contributed by atoms with E-state index in [2.05, 4.69) is 82.6 Å². The predicted octanol–water partition coefficient (Wildman–Crippen LogP) is 8.14. The molecule has 1 amide bonds. The molecule has 4 heterocycles. The number of aromatic nitrogens is 4. The van der Waals surface area contributed by atoms with Gasteiger partial charge in [-0.3, -0.25) is 14.7 Å². The summed E-state index contributed by atoms with van der Waals surface area (Å²) in [4.78, 5) is 39.0.